The number of nitrogens with one attached hydrogen (secondary N) is 1. The van der Waals surface area contributed by atoms with Gasteiger partial charge in [0.25, 0.3) is 5.91 Å². The first-order chi connectivity index (χ1) is 11.6. The van der Waals surface area contributed by atoms with Crippen molar-refractivity contribution in [2.24, 2.45) is 0 Å². The van der Waals surface area contributed by atoms with Crippen LogP contribution in [0.5, 0.6) is 0 Å². The highest BCUT2D eigenvalue weighted by Crippen LogP contribution is 2.28. The lowest BCUT2D eigenvalue weighted by Gasteiger charge is -2.24. The molecule has 1 aliphatic carbocycles. The third kappa shape index (κ3) is 5.36. The van der Waals surface area contributed by atoms with E-state index in [4.69, 9.17) is 0 Å². The van der Waals surface area contributed by atoms with Crippen molar-refractivity contribution >= 4 is 17.5 Å². The van der Waals surface area contributed by atoms with Crippen LogP contribution >= 0.6 is 0 Å². The topological polar surface area (TPSA) is 83.5 Å². The number of Topliss-reactive ketones (excluding diaryl/α,β-unsaturated/α-hetero) is 2. The highest BCUT2D eigenvalue weighted by atomic mass is 16.3. The Hall–Kier alpha value is -1.75. The molecule has 0 spiro atoms. The van der Waals surface area contributed by atoms with Gasteiger partial charge >= 0.3 is 0 Å². The van der Waals surface area contributed by atoms with Crippen LogP contribution < -0.4 is 5.32 Å². The molecule has 2 N–H and O–H groups in total. The van der Waals surface area contributed by atoms with Gasteiger partial charge in [-0.15, -0.1) is 0 Å². The van der Waals surface area contributed by atoms with Gasteiger partial charge in [-0.2, -0.15) is 0 Å². The van der Waals surface area contributed by atoms with Gasteiger partial charge in [0.15, 0.2) is 11.6 Å². The summed E-state index contributed by atoms with van der Waals surface area (Å²) in [5.41, 5.74) is 0.187. The maximum absolute atomic E-state index is 12.4. The molecule has 5 nitrogen and oxygen atoms in total. The molecule has 0 aromatic rings. The number of unbranched alkanes of at least 4 members (excludes halogenated alkanes) is 3. The summed E-state index contributed by atoms with van der Waals surface area (Å²) in [6.07, 6.45) is 4.49. The first-order valence-electron chi connectivity index (χ1n) is 9.10. The fourth-order valence-corrected chi connectivity index (χ4v) is 2.88. The van der Waals surface area contributed by atoms with Gasteiger partial charge in [0, 0.05) is 28.8 Å². The van der Waals surface area contributed by atoms with Crippen LogP contribution in [0.25, 0.3) is 0 Å². The molecule has 1 amide bonds. The second kappa shape index (κ2) is 9.09. The standard InChI is InChI=1S/C20H31NO4/c1-6-7-8-9-12-21-19(24)20(5,25)11-10-16-15(4)17(22)13(2)14(3)18(16)23/h25H,6-12H2,1-5H3,(H,21,24). The summed E-state index contributed by atoms with van der Waals surface area (Å²) in [5.74, 6) is -0.724. The average Bonchev–Trinajstić information content (AvgIpc) is 2.57. The number of aliphatic hydroxyl groups is 1. The third-order valence-corrected chi connectivity index (χ3v) is 4.98. The lowest BCUT2D eigenvalue weighted by Crippen LogP contribution is -2.45. The van der Waals surface area contributed by atoms with E-state index >= 15 is 0 Å². The zero-order chi connectivity index (χ0) is 19.2. The molecule has 1 aliphatic rings. The largest absolute Gasteiger partial charge is 0.380 e. The lowest BCUT2D eigenvalue weighted by molar-refractivity contribution is -0.138. The number of allylic oxidation sites excluding steroid dienone is 4. The van der Waals surface area contributed by atoms with E-state index in [1.54, 1.807) is 20.8 Å². The van der Waals surface area contributed by atoms with Gasteiger partial charge in [0.1, 0.15) is 5.60 Å². The van der Waals surface area contributed by atoms with Gasteiger partial charge < -0.3 is 10.4 Å². The Labute approximate surface area is 150 Å². The summed E-state index contributed by atoms with van der Waals surface area (Å²) in [6.45, 7) is 9.04. The Morgan fingerprint density at radius 3 is 2.20 bits per heavy atom. The Kier molecular flexibility index (Phi) is 7.74. The van der Waals surface area contributed by atoms with E-state index in [2.05, 4.69) is 12.2 Å². The monoisotopic (exact) mass is 349 g/mol. The van der Waals surface area contributed by atoms with E-state index < -0.39 is 11.5 Å². The van der Waals surface area contributed by atoms with E-state index in [1.165, 1.54) is 6.92 Å². The molecule has 0 radical (unpaired) electrons. The average molecular weight is 349 g/mol. The van der Waals surface area contributed by atoms with Crippen molar-refractivity contribution in [1.82, 2.24) is 5.32 Å². The molecular formula is C20H31NO4. The zero-order valence-corrected chi connectivity index (χ0v) is 16.1. The van der Waals surface area contributed by atoms with Crippen molar-refractivity contribution in [3.63, 3.8) is 0 Å². The molecule has 1 rings (SSSR count). The Morgan fingerprint density at radius 2 is 1.60 bits per heavy atom. The number of rotatable bonds is 9. The van der Waals surface area contributed by atoms with Crippen molar-refractivity contribution in [3.05, 3.63) is 22.3 Å². The van der Waals surface area contributed by atoms with Crippen molar-refractivity contribution in [1.29, 1.82) is 0 Å². The van der Waals surface area contributed by atoms with Gasteiger partial charge in [-0.25, -0.2) is 0 Å². The molecule has 0 saturated heterocycles. The molecule has 25 heavy (non-hydrogen) atoms. The van der Waals surface area contributed by atoms with Crippen molar-refractivity contribution in [2.75, 3.05) is 6.54 Å². The molecule has 1 unspecified atom stereocenters. The van der Waals surface area contributed by atoms with Crippen molar-refractivity contribution in [2.45, 2.75) is 78.7 Å². The van der Waals surface area contributed by atoms with E-state index in [1.807, 2.05) is 0 Å². The molecule has 0 fully saturated rings. The fraction of sp³-hybridized carbons (Fsp3) is 0.650. The number of ketones is 2. The molecule has 0 aromatic heterocycles. The van der Waals surface area contributed by atoms with Crippen LogP contribution in [0.2, 0.25) is 0 Å². The number of hydrogen-bond acceptors (Lipinski definition) is 4. The smallest absolute Gasteiger partial charge is 0.251 e. The molecule has 0 aliphatic heterocycles. The van der Waals surface area contributed by atoms with Crippen LogP contribution in [0.4, 0.5) is 0 Å². The summed E-state index contributed by atoms with van der Waals surface area (Å²) in [5, 5.41) is 13.2. The third-order valence-electron chi connectivity index (χ3n) is 4.98. The number of amides is 1. The molecular weight excluding hydrogens is 318 g/mol. The maximum atomic E-state index is 12.4. The molecule has 5 heteroatoms. The van der Waals surface area contributed by atoms with E-state index in [9.17, 15) is 19.5 Å². The van der Waals surface area contributed by atoms with Crippen LogP contribution in [0, 0.1) is 0 Å². The molecule has 0 aromatic carbocycles. The van der Waals surface area contributed by atoms with Crippen LogP contribution in [-0.2, 0) is 14.4 Å². The first kappa shape index (κ1) is 21.3. The molecule has 0 saturated carbocycles. The van der Waals surface area contributed by atoms with Gasteiger partial charge in [-0.05, 0) is 47.0 Å². The summed E-state index contributed by atoms with van der Waals surface area (Å²) in [6, 6.07) is 0. The molecule has 140 valence electrons. The highest BCUT2D eigenvalue weighted by molar-refractivity contribution is 6.24. The predicted octanol–water partition coefficient (Wildman–Crippen LogP) is 3.02. The van der Waals surface area contributed by atoms with E-state index in [0.717, 1.165) is 25.7 Å². The van der Waals surface area contributed by atoms with Gasteiger partial charge in [0.05, 0.1) is 0 Å². The van der Waals surface area contributed by atoms with Gasteiger partial charge in [-0.1, -0.05) is 26.2 Å². The molecule has 0 bridgehead atoms. The Bertz CT molecular complexity index is 611. The summed E-state index contributed by atoms with van der Waals surface area (Å²) >= 11 is 0. The lowest BCUT2D eigenvalue weighted by atomic mass is 9.82. The highest BCUT2D eigenvalue weighted by Gasteiger charge is 2.33. The first-order valence-corrected chi connectivity index (χ1v) is 9.10. The van der Waals surface area contributed by atoms with Crippen molar-refractivity contribution < 1.29 is 19.5 Å². The summed E-state index contributed by atoms with van der Waals surface area (Å²) in [4.78, 5) is 36.7. The van der Waals surface area contributed by atoms with Crippen LogP contribution in [-0.4, -0.2) is 34.7 Å². The van der Waals surface area contributed by atoms with Crippen LogP contribution in [0.15, 0.2) is 22.3 Å². The number of hydrogen-bond donors (Lipinski definition) is 2. The van der Waals surface area contributed by atoms with Crippen LogP contribution in [0.1, 0.15) is 73.1 Å². The molecule has 1 atom stereocenters. The number of carbonyl (C=O) groups excluding carboxylic acids is 3. The summed E-state index contributed by atoms with van der Waals surface area (Å²) in [7, 11) is 0. The van der Waals surface area contributed by atoms with Gasteiger partial charge in [0.2, 0.25) is 0 Å². The Morgan fingerprint density at radius 1 is 1.00 bits per heavy atom. The SMILES string of the molecule is CCCCCCNC(=O)C(C)(O)CCC1=C(C)C(=O)C(C)=C(C)C1=O. The van der Waals surface area contributed by atoms with Gasteiger partial charge in [-0.3, -0.25) is 14.4 Å². The maximum Gasteiger partial charge on any atom is 0.251 e. The minimum absolute atomic E-state index is 0.103. The number of carbonyl (C=O) groups is 3. The fourth-order valence-electron chi connectivity index (χ4n) is 2.88. The predicted molar refractivity (Wildman–Crippen MR) is 98.1 cm³/mol. The van der Waals surface area contributed by atoms with E-state index in [-0.39, 0.29) is 24.4 Å². The second-order valence-corrected chi connectivity index (χ2v) is 7.10. The van der Waals surface area contributed by atoms with Crippen molar-refractivity contribution in [3.8, 4) is 0 Å². The van der Waals surface area contributed by atoms with Crippen LogP contribution in [0.3, 0.4) is 0 Å². The van der Waals surface area contributed by atoms with E-state index in [0.29, 0.717) is 28.8 Å². The Balaban J connectivity index is 2.64. The second-order valence-electron chi connectivity index (χ2n) is 7.10. The molecule has 0 heterocycles. The quantitative estimate of drug-likeness (QED) is 0.495. The minimum Gasteiger partial charge on any atom is -0.380 e. The minimum atomic E-state index is -1.56. The zero-order valence-electron chi connectivity index (χ0n) is 16.1. The summed E-state index contributed by atoms with van der Waals surface area (Å²) < 4.78 is 0. The normalized spacial score (nSPS) is 17.8.